The van der Waals surface area contributed by atoms with Crippen molar-refractivity contribution < 1.29 is 14.6 Å². The molecule has 2 atom stereocenters. The van der Waals surface area contributed by atoms with Gasteiger partial charge in [0.2, 0.25) is 0 Å². The lowest BCUT2D eigenvalue weighted by atomic mass is 10.1. The van der Waals surface area contributed by atoms with E-state index < -0.39 is 0 Å². The van der Waals surface area contributed by atoms with Crippen LogP contribution in [-0.2, 0) is 4.74 Å². The molecule has 3 rings (SSSR count). The number of nitrogens with zero attached hydrogens (tertiary/aromatic N) is 2. The maximum absolute atomic E-state index is 13.1. The molecule has 0 spiro atoms. The van der Waals surface area contributed by atoms with Crippen LogP contribution in [0.2, 0.25) is 0 Å². The Morgan fingerprint density at radius 2 is 2.00 bits per heavy atom. The minimum absolute atomic E-state index is 0.0000754. The molecule has 24 heavy (non-hydrogen) atoms. The molecule has 1 aliphatic heterocycles. The van der Waals surface area contributed by atoms with Crippen molar-refractivity contribution >= 4 is 5.91 Å². The average molecular weight is 328 g/mol. The minimum atomic E-state index is -0.303. The van der Waals surface area contributed by atoms with Gasteiger partial charge in [-0.15, -0.1) is 0 Å². The van der Waals surface area contributed by atoms with Crippen LogP contribution in [0.1, 0.15) is 28.7 Å². The second-order valence-electron chi connectivity index (χ2n) is 6.40. The van der Waals surface area contributed by atoms with Gasteiger partial charge in [0.05, 0.1) is 30.9 Å². The summed E-state index contributed by atoms with van der Waals surface area (Å²) in [4.78, 5) is 14.9. The normalized spacial score (nSPS) is 21.1. The third-order valence-electron chi connectivity index (χ3n) is 4.65. The molecule has 1 N–H and O–H groups in total. The van der Waals surface area contributed by atoms with E-state index in [4.69, 9.17) is 4.74 Å². The first-order chi connectivity index (χ1) is 11.5. The molecular weight excluding hydrogens is 304 g/mol. The molecule has 128 valence electrons. The van der Waals surface area contributed by atoms with Crippen molar-refractivity contribution in [3.05, 3.63) is 53.3 Å². The molecule has 2 heterocycles. The SMILES string of the molecule is Cc1cc(C(=O)N2CC(CO)OCC2C)c(C)n1-c1ccccc1. The van der Waals surface area contributed by atoms with E-state index in [-0.39, 0.29) is 24.7 Å². The monoisotopic (exact) mass is 328 g/mol. The molecule has 2 aromatic rings. The van der Waals surface area contributed by atoms with Crippen molar-refractivity contribution in [2.75, 3.05) is 19.8 Å². The molecule has 2 unspecified atom stereocenters. The molecule has 0 radical (unpaired) electrons. The molecule has 5 heteroatoms. The average Bonchev–Trinajstić information content (AvgIpc) is 2.90. The van der Waals surface area contributed by atoms with Crippen LogP contribution >= 0.6 is 0 Å². The molecule has 1 aromatic heterocycles. The zero-order valence-electron chi connectivity index (χ0n) is 14.4. The molecular formula is C19H24N2O3. The van der Waals surface area contributed by atoms with Crippen LogP contribution in [-0.4, -0.2) is 52.4 Å². The van der Waals surface area contributed by atoms with E-state index in [0.29, 0.717) is 18.7 Å². The Labute approximate surface area is 142 Å². The van der Waals surface area contributed by atoms with Crippen LogP contribution in [0.3, 0.4) is 0 Å². The third-order valence-corrected chi connectivity index (χ3v) is 4.65. The first kappa shape index (κ1) is 16.7. The second kappa shape index (κ2) is 6.79. The summed E-state index contributed by atoms with van der Waals surface area (Å²) in [6.45, 7) is 6.76. The number of aliphatic hydroxyl groups is 1. The standard InChI is InChI=1S/C19H24N2O3/c1-13-9-18(15(3)21(13)16-7-5-4-6-8-16)19(23)20-10-17(11-22)24-12-14(20)2/h4-9,14,17,22H,10-12H2,1-3H3. The fourth-order valence-corrected chi connectivity index (χ4v) is 3.32. The van der Waals surface area contributed by atoms with Crippen molar-refractivity contribution in [2.24, 2.45) is 0 Å². The molecule has 1 saturated heterocycles. The van der Waals surface area contributed by atoms with E-state index >= 15 is 0 Å². The zero-order valence-corrected chi connectivity index (χ0v) is 14.4. The van der Waals surface area contributed by atoms with Crippen molar-refractivity contribution in [1.29, 1.82) is 0 Å². The molecule has 0 bridgehead atoms. The number of morpholine rings is 1. The Morgan fingerprint density at radius 3 is 2.67 bits per heavy atom. The van der Waals surface area contributed by atoms with Gasteiger partial charge in [0, 0.05) is 23.6 Å². The summed E-state index contributed by atoms with van der Waals surface area (Å²) in [6, 6.07) is 12.0. The van der Waals surface area contributed by atoms with E-state index in [1.807, 2.05) is 62.1 Å². The number of amides is 1. The molecule has 1 aromatic carbocycles. The van der Waals surface area contributed by atoms with Gasteiger partial charge in [-0.3, -0.25) is 4.79 Å². The quantitative estimate of drug-likeness (QED) is 0.941. The molecule has 0 saturated carbocycles. The number of carbonyl (C=O) groups excluding carboxylic acids is 1. The van der Waals surface area contributed by atoms with Crippen LogP contribution < -0.4 is 0 Å². The number of hydrogen-bond acceptors (Lipinski definition) is 3. The van der Waals surface area contributed by atoms with Crippen molar-refractivity contribution in [3.8, 4) is 5.69 Å². The summed E-state index contributed by atoms with van der Waals surface area (Å²) < 4.78 is 7.63. The summed E-state index contributed by atoms with van der Waals surface area (Å²) in [5.41, 5.74) is 3.72. The lowest BCUT2D eigenvalue weighted by Crippen LogP contribution is -2.52. The first-order valence-corrected chi connectivity index (χ1v) is 8.30. The van der Waals surface area contributed by atoms with Gasteiger partial charge in [0.25, 0.3) is 5.91 Å². The predicted octanol–water partition coefficient (Wildman–Crippen LogP) is 2.32. The maximum Gasteiger partial charge on any atom is 0.256 e. The highest BCUT2D eigenvalue weighted by molar-refractivity contribution is 5.96. The Morgan fingerprint density at radius 1 is 1.29 bits per heavy atom. The van der Waals surface area contributed by atoms with Crippen LogP contribution in [0.4, 0.5) is 0 Å². The molecule has 5 nitrogen and oxygen atoms in total. The lowest BCUT2D eigenvalue weighted by Gasteiger charge is -2.37. The largest absolute Gasteiger partial charge is 0.394 e. The summed E-state index contributed by atoms with van der Waals surface area (Å²) in [6.07, 6.45) is -0.303. The Hall–Kier alpha value is -2.11. The minimum Gasteiger partial charge on any atom is -0.394 e. The highest BCUT2D eigenvalue weighted by atomic mass is 16.5. The van der Waals surface area contributed by atoms with Crippen molar-refractivity contribution in [2.45, 2.75) is 32.9 Å². The Bertz CT molecular complexity index is 724. The first-order valence-electron chi connectivity index (χ1n) is 8.30. The topological polar surface area (TPSA) is 54.7 Å². The van der Waals surface area contributed by atoms with Gasteiger partial charge in [0.1, 0.15) is 0 Å². The van der Waals surface area contributed by atoms with Gasteiger partial charge >= 0.3 is 0 Å². The predicted molar refractivity (Wildman–Crippen MR) is 92.6 cm³/mol. The van der Waals surface area contributed by atoms with E-state index in [1.54, 1.807) is 0 Å². The highest BCUT2D eigenvalue weighted by Crippen LogP contribution is 2.24. The summed E-state index contributed by atoms with van der Waals surface area (Å²) in [5.74, 6) is -0.000434. The Balaban J connectivity index is 1.94. The molecule has 0 aliphatic carbocycles. The number of rotatable bonds is 3. The van der Waals surface area contributed by atoms with Gasteiger partial charge in [-0.2, -0.15) is 0 Å². The zero-order chi connectivity index (χ0) is 17.3. The van der Waals surface area contributed by atoms with E-state index in [2.05, 4.69) is 4.57 Å². The van der Waals surface area contributed by atoms with Crippen LogP contribution in [0, 0.1) is 13.8 Å². The highest BCUT2D eigenvalue weighted by Gasteiger charge is 2.31. The summed E-state index contributed by atoms with van der Waals surface area (Å²) in [5, 5.41) is 9.33. The van der Waals surface area contributed by atoms with Crippen LogP contribution in [0.15, 0.2) is 36.4 Å². The van der Waals surface area contributed by atoms with Gasteiger partial charge in [0.15, 0.2) is 0 Å². The van der Waals surface area contributed by atoms with Gasteiger partial charge in [-0.1, -0.05) is 18.2 Å². The van der Waals surface area contributed by atoms with E-state index in [0.717, 1.165) is 17.1 Å². The fraction of sp³-hybridized carbons (Fsp3) is 0.421. The van der Waals surface area contributed by atoms with Gasteiger partial charge in [-0.05, 0) is 39.0 Å². The van der Waals surface area contributed by atoms with Crippen molar-refractivity contribution in [1.82, 2.24) is 9.47 Å². The number of aliphatic hydroxyl groups excluding tert-OH is 1. The summed E-state index contributed by atoms with van der Waals surface area (Å²) in [7, 11) is 0. The number of hydrogen-bond donors (Lipinski definition) is 1. The van der Waals surface area contributed by atoms with Crippen molar-refractivity contribution in [3.63, 3.8) is 0 Å². The lowest BCUT2D eigenvalue weighted by molar-refractivity contribution is -0.0667. The number of benzene rings is 1. The number of ether oxygens (including phenoxy) is 1. The number of aromatic nitrogens is 1. The van der Waals surface area contributed by atoms with Crippen LogP contribution in [0.5, 0.6) is 0 Å². The summed E-state index contributed by atoms with van der Waals surface area (Å²) >= 11 is 0. The maximum atomic E-state index is 13.1. The third kappa shape index (κ3) is 2.97. The Kier molecular flexibility index (Phi) is 4.73. The smallest absolute Gasteiger partial charge is 0.256 e. The van der Waals surface area contributed by atoms with Crippen LogP contribution in [0.25, 0.3) is 5.69 Å². The van der Waals surface area contributed by atoms with Gasteiger partial charge < -0.3 is 19.3 Å². The fourth-order valence-electron chi connectivity index (χ4n) is 3.32. The number of para-hydroxylation sites is 1. The van der Waals surface area contributed by atoms with Gasteiger partial charge in [-0.25, -0.2) is 0 Å². The molecule has 1 amide bonds. The number of aryl methyl sites for hydroxylation is 1. The molecule has 1 aliphatic rings. The van der Waals surface area contributed by atoms with E-state index in [9.17, 15) is 9.90 Å². The molecule has 1 fully saturated rings. The van der Waals surface area contributed by atoms with E-state index in [1.165, 1.54) is 0 Å². The number of carbonyl (C=O) groups is 1. The second-order valence-corrected chi connectivity index (χ2v) is 6.40.